The second kappa shape index (κ2) is 7.53. The lowest BCUT2D eigenvalue weighted by Crippen LogP contribution is -2.46. The molecule has 2 N–H and O–H groups in total. The van der Waals surface area contributed by atoms with Crippen LogP contribution < -0.4 is 5.32 Å². The summed E-state index contributed by atoms with van der Waals surface area (Å²) in [4.78, 5) is 26.7. The average Bonchev–Trinajstić information content (AvgIpc) is 3.17. The number of benzene rings is 1. The van der Waals surface area contributed by atoms with E-state index < -0.39 is 0 Å². The molecule has 0 radical (unpaired) electrons. The van der Waals surface area contributed by atoms with Crippen LogP contribution in [0.1, 0.15) is 40.7 Å². The molecular weight excluding hydrogens is 320 g/mol. The smallest absolute Gasteiger partial charge is 0.291 e. The summed E-state index contributed by atoms with van der Waals surface area (Å²) < 4.78 is 5.07. The lowest BCUT2D eigenvalue weighted by molar-refractivity contribution is 0.0489. The predicted molar refractivity (Wildman–Crippen MR) is 93.4 cm³/mol. The molecule has 1 fully saturated rings. The number of nitrogens with zero attached hydrogens (tertiary/aromatic N) is 1. The molecule has 3 rings (SSSR count). The number of carbonyl (C=O) groups is 2. The van der Waals surface area contributed by atoms with Gasteiger partial charge in [-0.3, -0.25) is 9.59 Å². The Balaban J connectivity index is 1.74. The number of aliphatic hydroxyl groups excluding tert-OH is 1. The van der Waals surface area contributed by atoms with Crippen LogP contribution in [-0.4, -0.2) is 41.0 Å². The van der Waals surface area contributed by atoms with Gasteiger partial charge in [0.25, 0.3) is 11.8 Å². The third-order valence-corrected chi connectivity index (χ3v) is 4.61. The molecule has 1 saturated heterocycles. The molecule has 0 saturated carbocycles. The Bertz CT molecular complexity index is 742. The minimum absolute atomic E-state index is 0.0836. The molecule has 132 valence electrons. The highest BCUT2D eigenvalue weighted by atomic mass is 16.3. The largest absolute Gasteiger partial charge is 0.459 e. The van der Waals surface area contributed by atoms with Gasteiger partial charge in [-0.25, -0.2) is 0 Å². The van der Waals surface area contributed by atoms with Crippen LogP contribution >= 0.6 is 0 Å². The third-order valence-electron chi connectivity index (χ3n) is 4.61. The zero-order chi connectivity index (χ0) is 17.8. The molecule has 2 aromatic rings. The molecule has 6 nitrogen and oxygen atoms in total. The number of likely N-dealkylation sites (tertiary alicyclic amines) is 1. The van der Waals surface area contributed by atoms with E-state index in [1.165, 1.54) is 6.26 Å². The Morgan fingerprint density at radius 2 is 2.12 bits per heavy atom. The van der Waals surface area contributed by atoms with E-state index in [1.807, 2.05) is 6.92 Å². The number of amides is 2. The fourth-order valence-electron chi connectivity index (χ4n) is 3.11. The molecule has 0 aliphatic carbocycles. The zero-order valence-electron chi connectivity index (χ0n) is 14.1. The van der Waals surface area contributed by atoms with Crippen molar-refractivity contribution >= 4 is 17.5 Å². The summed E-state index contributed by atoms with van der Waals surface area (Å²) in [5.41, 5.74) is 1.05. The Morgan fingerprint density at radius 1 is 1.28 bits per heavy atom. The molecule has 25 heavy (non-hydrogen) atoms. The van der Waals surface area contributed by atoms with E-state index >= 15 is 0 Å². The maximum atomic E-state index is 12.9. The summed E-state index contributed by atoms with van der Waals surface area (Å²) in [7, 11) is 0. The van der Waals surface area contributed by atoms with E-state index in [-0.39, 0.29) is 36.1 Å². The standard InChI is InChI=1S/C19H22N2O4/c1-13-7-8-14(12-22)11-21(13)19(24)15-4-2-5-16(10-15)20-18(23)17-6-3-9-25-17/h2-6,9-10,13-14,22H,7-8,11-12H2,1H3,(H,20,23). The van der Waals surface area contributed by atoms with Gasteiger partial charge in [-0.1, -0.05) is 6.07 Å². The number of nitrogens with one attached hydrogen (secondary N) is 1. The van der Waals surface area contributed by atoms with Gasteiger partial charge in [0.05, 0.1) is 6.26 Å². The molecule has 0 bridgehead atoms. The minimum Gasteiger partial charge on any atom is -0.459 e. The van der Waals surface area contributed by atoms with Crippen LogP contribution in [0.4, 0.5) is 5.69 Å². The SMILES string of the molecule is CC1CCC(CO)CN1C(=O)c1cccc(NC(=O)c2ccco2)c1. The Morgan fingerprint density at radius 3 is 2.84 bits per heavy atom. The van der Waals surface area contributed by atoms with Crippen molar-refractivity contribution in [2.24, 2.45) is 5.92 Å². The van der Waals surface area contributed by atoms with Gasteiger partial charge in [-0.2, -0.15) is 0 Å². The van der Waals surface area contributed by atoms with E-state index in [0.29, 0.717) is 17.8 Å². The van der Waals surface area contributed by atoms with Crippen LogP contribution in [0, 0.1) is 5.92 Å². The summed E-state index contributed by atoms with van der Waals surface area (Å²) in [5, 5.41) is 12.1. The number of furan rings is 1. The number of aliphatic hydroxyl groups is 1. The molecule has 0 spiro atoms. The van der Waals surface area contributed by atoms with Gasteiger partial charge in [0.2, 0.25) is 0 Å². The van der Waals surface area contributed by atoms with Gasteiger partial charge in [0.1, 0.15) is 0 Å². The van der Waals surface area contributed by atoms with Gasteiger partial charge in [-0.15, -0.1) is 0 Å². The minimum atomic E-state index is -0.360. The number of rotatable bonds is 4. The van der Waals surface area contributed by atoms with Crippen LogP contribution in [0.3, 0.4) is 0 Å². The number of hydrogen-bond acceptors (Lipinski definition) is 4. The summed E-state index contributed by atoms with van der Waals surface area (Å²) in [6.45, 7) is 2.67. The summed E-state index contributed by atoms with van der Waals surface area (Å²) in [6.07, 6.45) is 3.25. The monoisotopic (exact) mass is 342 g/mol. The molecule has 1 aliphatic rings. The summed E-state index contributed by atoms with van der Waals surface area (Å²) >= 11 is 0. The van der Waals surface area contributed by atoms with Crippen molar-refractivity contribution in [3.05, 3.63) is 54.0 Å². The lowest BCUT2D eigenvalue weighted by Gasteiger charge is -2.37. The quantitative estimate of drug-likeness (QED) is 0.895. The van der Waals surface area contributed by atoms with E-state index in [1.54, 1.807) is 41.3 Å². The van der Waals surface area contributed by atoms with Gasteiger partial charge in [0, 0.05) is 30.4 Å². The Hall–Kier alpha value is -2.60. The lowest BCUT2D eigenvalue weighted by atomic mass is 9.93. The van der Waals surface area contributed by atoms with Crippen LogP contribution in [0.25, 0.3) is 0 Å². The van der Waals surface area contributed by atoms with Crippen molar-refractivity contribution in [1.82, 2.24) is 4.90 Å². The van der Waals surface area contributed by atoms with E-state index in [4.69, 9.17) is 4.42 Å². The first-order valence-corrected chi connectivity index (χ1v) is 8.45. The van der Waals surface area contributed by atoms with Crippen LogP contribution in [-0.2, 0) is 0 Å². The van der Waals surface area contributed by atoms with Crippen molar-refractivity contribution in [3.8, 4) is 0 Å². The molecule has 1 aromatic heterocycles. The van der Waals surface area contributed by atoms with Crippen LogP contribution in [0.15, 0.2) is 47.1 Å². The van der Waals surface area contributed by atoms with E-state index in [0.717, 1.165) is 12.8 Å². The first kappa shape index (κ1) is 17.2. The van der Waals surface area contributed by atoms with Crippen molar-refractivity contribution in [1.29, 1.82) is 0 Å². The second-order valence-corrected chi connectivity index (χ2v) is 6.44. The molecule has 1 aromatic carbocycles. The number of anilines is 1. The molecule has 2 atom stereocenters. The highest BCUT2D eigenvalue weighted by Crippen LogP contribution is 2.24. The van der Waals surface area contributed by atoms with E-state index in [2.05, 4.69) is 5.32 Å². The highest BCUT2D eigenvalue weighted by Gasteiger charge is 2.29. The average molecular weight is 342 g/mol. The van der Waals surface area contributed by atoms with Crippen LogP contribution in [0.5, 0.6) is 0 Å². The first-order chi connectivity index (χ1) is 12.1. The maximum absolute atomic E-state index is 12.9. The Kier molecular flexibility index (Phi) is 5.19. The second-order valence-electron chi connectivity index (χ2n) is 6.44. The number of hydrogen-bond donors (Lipinski definition) is 2. The van der Waals surface area contributed by atoms with Crippen LogP contribution in [0.2, 0.25) is 0 Å². The van der Waals surface area contributed by atoms with Gasteiger partial charge in [-0.05, 0) is 56.0 Å². The molecule has 2 heterocycles. The summed E-state index contributed by atoms with van der Waals surface area (Å²) in [5.74, 6) is -0.102. The van der Waals surface area contributed by atoms with E-state index in [9.17, 15) is 14.7 Å². The normalized spacial score (nSPS) is 20.3. The van der Waals surface area contributed by atoms with Crippen molar-refractivity contribution in [2.45, 2.75) is 25.8 Å². The predicted octanol–water partition coefficient (Wildman–Crippen LogP) is 2.76. The third kappa shape index (κ3) is 3.91. The molecule has 1 aliphatic heterocycles. The van der Waals surface area contributed by atoms with Crippen molar-refractivity contribution < 1.29 is 19.1 Å². The Labute approximate surface area is 146 Å². The molecular formula is C19H22N2O4. The summed E-state index contributed by atoms with van der Waals surface area (Å²) in [6, 6.07) is 10.2. The van der Waals surface area contributed by atoms with Gasteiger partial charge >= 0.3 is 0 Å². The number of piperidine rings is 1. The topological polar surface area (TPSA) is 82.8 Å². The molecule has 2 unspecified atom stereocenters. The maximum Gasteiger partial charge on any atom is 0.291 e. The fraction of sp³-hybridized carbons (Fsp3) is 0.368. The van der Waals surface area contributed by atoms with Crippen molar-refractivity contribution in [2.75, 3.05) is 18.5 Å². The highest BCUT2D eigenvalue weighted by molar-refractivity contribution is 6.03. The first-order valence-electron chi connectivity index (χ1n) is 8.45. The molecule has 2 amide bonds. The molecule has 6 heteroatoms. The fourth-order valence-corrected chi connectivity index (χ4v) is 3.11. The van der Waals surface area contributed by atoms with Gasteiger partial charge < -0.3 is 19.7 Å². The zero-order valence-corrected chi connectivity index (χ0v) is 14.1. The van der Waals surface area contributed by atoms with Crippen molar-refractivity contribution in [3.63, 3.8) is 0 Å². The van der Waals surface area contributed by atoms with Gasteiger partial charge in [0.15, 0.2) is 5.76 Å². The number of carbonyl (C=O) groups excluding carboxylic acids is 2.